The van der Waals surface area contributed by atoms with E-state index >= 15 is 0 Å². The third-order valence-corrected chi connectivity index (χ3v) is 4.87. The van der Waals surface area contributed by atoms with Gasteiger partial charge in [0.1, 0.15) is 11.5 Å². The zero-order valence-electron chi connectivity index (χ0n) is 16.4. The number of hydrogen-bond acceptors (Lipinski definition) is 5. The van der Waals surface area contributed by atoms with Gasteiger partial charge in [-0.15, -0.1) is 0 Å². The third kappa shape index (κ3) is 5.01. The molecule has 0 bridgehead atoms. The summed E-state index contributed by atoms with van der Waals surface area (Å²) in [5, 5.41) is 6.50. The molecule has 0 aliphatic carbocycles. The average molecular weight is 441 g/mol. The molecule has 0 unspecified atom stereocenters. The van der Waals surface area contributed by atoms with Crippen LogP contribution in [0.4, 0.5) is 23.2 Å². The minimum atomic E-state index is -4.80. The molecule has 0 atom stereocenters. The molecule has 31 heavy (non-hydrogen) atoms. The number of anilines is 1. The number of nitrogens with zero attached hydrogens (tertiary/aromatic N) is 4. The number of benzene rings is 1. The summed E-state index contributed by atoms with van der Waals surface area (Å²) in [6.07, 6.45) is -3.40. The first-order valence-electron chi connectivity index (χ1n) is 9.28. The molecule has 1 aliphatic rings. The Kier molecular flexibility index (Phi) is 6.27. The Morgan fingerprint density at radius 2 is 1.74 bits per heavy atom. The van der Waals surface area contributed by atoms with Crippen LogP contribution in [0.5, 0.6) is 0 Å². The SMILES string of the molecule is Cn1nccc(NCC(=O)N2CCN(C(=O)c3cc(F)ccc3C(F)(F)F)CC2)c1=O. The number of carbonyl (C=O) groups excluding carboxylic acids is 2. The largest absolute Gasteiger partial charge is 0.417 e. The number of halogens is 4. The first kappa shape index (κ1) is 22.2. The van der Waals surface area contributed by atoms with Gasteiger partial charge < -0.3 is 15.1 Å². The monoisotopic (exact) mass is 441 g/mol. The van der Waals surface area contributed by atoms with Crippen LogP contribution in [-0.4, -0.2) is 64.1 Å². The number of rotatable bonds is 4. The molecule has 1 aromatic carbocycles. The van der Waals surface area contributed by atoms with Crippen LogP contribution < -0.4 is 10.9 Å². The van der Waals surface area contributed by atoms with E-state index in [4.69, 9.17) is 0 Å². The summed E-state index contributed by atoms with van der Waals surface area (Å²) in [4.78, 5) is 39.4. The van der Waals surface area contributed by atoms with E-state index in [0.717, 1.165) is 9.58 Å². The molecule has 1 N–H and O–H groups in total. The highest BCUT2D eigenvalue weighted by Crippen LogP contribution is 2.33. The van der Waals surface area contributed by atoms with E-state index < -0.39 is 34.6 Å². The van der Waals surface area contributed by atoms with E-state index in [1.807, 2.05) is 0 Å². The average Bonchev–Trinajstić information content (AvgIpc) is 2.73. The van der Waals surface area contributed by atoms with E-state index in [9.17, 15) is 31.9 Å². The molecule has 1 aromatic heterocycles. The van der Waals surface area contributed by atoms with E-state index in [-0.39, 0.29) is 44.3 Å². The van der Waals surface area contributed by atoms with E-state index in [0.29, 0.717) is 18.2 Å². The van der Waals surface area contributed by atoms with Gasteiger partial charge in [0.25, 0.3) is 11.5 Å². The van der Waals surface area contributed by atoms with Crippen LogP contribution in [0.2, 0.25) is 0 Å². The Morgan fingerprint density at radius 1 is 1.10 bits per heavy atom. The Bertz CT molecular complexity index is 1050. The Hall–Kier alpha value is -3.44. The van der Waals surface area contributed by atoms with Gasteiger partial charge in [0, 0.05) is 39.4 Å². The van der Waals surface area contributed by atoms with Crippen LogP contribution in [0.1, 0.15) is 15.9 Å². The van der Waals surface area contributed by atoms with Crippen molar-refractivity contribution in [2.45, 2.75) is 6.18 Å². The van der Waals surface area contributed by atoms with Crippen LogP contribution in [0, 0.1) is 5.82 Å². The molecule has 2 amide bonds. The summed E-state index contributed by atoms with van der Waals surface area (Å²) in [6, 6.07) is 3.20. The van der Waals surface area contributed by atoms with Crippen molar-refractivity contribution in [1.82, 2.24) is 19.6 Å². The number of carbonyl (C=O) groups is 2. The van der Waals surface area contributed by atoms with Crippen molar-refractivity contribution in [3.8, 4) is 0 Å². The van der Waals surface area contributed by atoms with Gasteiger partial charge in [0.2, 0.25) is 5.91 Å². The second-order valence-corrected chi connectivity index (χ2v) is 6.89. The van der Waals surface area contributed by atoms with Gasteiger partial charge in [-0.05, 0) is 24.3 Å². The summed E-state index contributed by atoms with van der Waals surface area (Å²) in [5.41, 5.74) is -2.17. The fourth-order valence-corrected chi connectivity index (χ4v) is 3.19. The molecule has 2 heterocycles. The molecule has 3 rings (SSSR count). The summed E-state index contributed by atoms with van der Waals surface area (Å²) in [6.45, 7) is 0.00861. The summed E-state index contributed by atoms with van der Waals surface area (Å²) in [5.74, 6) is -2.23. The molecule has 1 fully saturated rings. The van der Waals surface area contributed by atoms with Crippen molar-refractivity contribution in [2.75, 3.05) is 38.0 Å². The Labute approximate surface area is 174 Å². The quantitative estimate of drug-likeness (QED) is 0.724. The molecule has 0 radical (unpaired) electrons. The molecule has 12 heteroatoms. The van der Waals surface area contributed by atoms with Crippen molar-refractivity contribution < 1.29 is 27.2 Å². The number of amides is 2. The predicted molar refractivity (Wildman–Crippen MR) is 102 cm³/mol. The lowest BCUT2D eigenvalue weighted by Crippen LogP contribution is -2.52. The molecule has 1 saturated heterocycles. The standard InChI is InChI=1S/C19H19F4N5O3/c1-26-18(31)15(4-5-25-26)24-11-16(29)27-6-8-28(9-7-27)17(30)13-10-12(20)2-3-14(13)19(21,22)23/h2-5,10,24H,6-9,11H2,1H3. The highest BCUT2D eigenvalue weighted by molar-refractivity contribution is 5.96. The smallest absolute Gasteiger partial charge is 0.372 e. The van der Waals surface area contributed by atoms with Gasteiger partial charge in [0.15, 0.2) is 0 Å². The Balaban J connectivity index is 1.61. The van der Waals surface area contributed by atoms with Crippen molar-refractivity contribution in [3.63, 3.8) is 0 Å². The lowest BCUT2D eigenvalue weighted by Gasteiger charge is -2.35. The highest BCUT2D eigenvalue weighted by atomic mass is 19.4. The number of aryl methyl sites for hydroxylation is 1. The zero-order valence-corrected chi connectivity index (χ0v) is 16.4. The fraction of sp³-hybridized carbons (Fsp3) is 0.368. The lowest BCUT2D eigenvalue weighted by atomic mass is 10.0. The van der Waals surface area contributed by atoms with Crippen LogP contribution >= 0.6 is 0 Å². The predicted octanol–water partition coefficient (Wildman–Crippen LogP) is 1.33. The molecule has 8 nitrogen and oxygen atoms in total. The highest BCUT2D eigenvalue weighted by Gasteiger charge is 2.37. The number of nitrogens with one attached hydrogen (secondary N) is 1. The minimum Gasteiger partial charge on any atom is -0.372 e. The maximum Gasteiger partial charge on any atom is 0.417 e. The fourth-order valence-electron chi connectivity index (χ4n) is 3.19. The molecule has 1 aliphatic heterocycles. The Morgan fingerprint density at radius 3 is 2.39 bits per heavy atom. The second kappa shape index (κ2) is 8.74. The summed E-state index contributed by atoms with van der Waals surface area (Å²) in [7, 11) is 1.47. The zero-order chi connectivity index (χ0) is 22.8. The minimum absolute atomic E-state index is 0.00456. The van der Waals surface area contributed by atoms with E-state index in [1.54, 1.807) is 0 Å². The van der Waals surface area contributed by atoms with Gasteiger partial charge in [0.05, 0.1) is 17.7 Å². The maximum absolute atomic E-state index is 13.5. The molecule has 0 saturated carbocycles. The molecule has 166 valence electrons. The van der Waals surface area contributed by atoms with Gasteiger partial charge in [-0.1, -0.05) is 0 Å². The van der Waals surface area contributed by atoms with Crippen molar-refractivity contribution in [1.29, 1.82) is 0 Å². The molecule has 2 aromatic rings. The maximum atomic E-state index is 13.5. The lowest BCUT2D eigenvalue weighted by molar-refractivity contribution is -0.138. The van der Waals surface area contributed by atoms with Gasteiger partial charge in [-0.2, -0.15) is 18.3 Å². The van der Waals surface area contributed by atoms with Crippen LogP contribution in [0.3, 0.4) is 0 Å². The first-order valence-corrected chi connectivity index (χ1v) is 9.28. The molecular weight excluding hydrogens is 422 g/mol. The number of alkyl halides is 3. The van der Waals surface area contributed by atoms with Crippen LogP contribution in [0.15, 0.2) is 35.3 Å². The second-order valence-electron chi connectivity index (χ2n) is 6.89. The van der Waals surface area contributed by atoms with Crippen molar-refractivity contribution in [2.24, 2.45) is 7.05 Å². The van der Waals surface area contributed by atoms with Gasteiger partial charge >= 0.3 is 6.18 Å². The van der Waals surface area contributed by atoms with Crippen LogP contribution in [-0.2, 0) is 18.0 Å². The number of hydrogen-bond donors (Lipinski definition) is 1. The molecule has 0 spiro atoms. The van der Waals surface area contributed by atoms with Crippen LogP contribution in [0.25, 0.3) is 0 Å². The summed E-state index contributed by atoms with van der Waals surface area (Å²) >= 11 is 0. The topological polar surface area (TPSA) is 87.5 Å². The van der Waals surface area contributed by atoms with E-state index in [1.165, 1.54) is 24.2 Å². The third-order valence-electron chi connectivity index (χ3n) is 4.87. The van der Waals surface area contributed by atoms with Crippen molar-refractivity contribution >= 4 is 17.5 Å². The first-order chi connectivity index (χ1) is 14.6. The number of piperazine rings is 1. The van der Waals surface area contributed by atoms with Crippen molar-refractivity contribution in [3.05, 3.63) is 57.8 Å². The number of aromatic nitrogens is 2. The van der Waals surface area contributed by atoms with Gasteiger partial charge in [-0.25, -0.2) is 9.07 Å². The summed E-state index contributed by atoms with van der Waals surface area (Å²) < 4.78 is 54.1. The van der Waals surface area contributed by atoms with Gasteiger partial charge in [-0.3, -0.25) is 14.4 Å². The van der Waals surface area contributed by atoms with E-state index in [2.05, 4.69) is 10.4 Å². The molecular formula is C19H19F4N5O3. The normalized spacial score (nSPS) is 14.5.